The third-order valence-corrected chi connectivity index (χ3v) is 1.80. The van der Waals surface area contributed by atoms with Crippen LogP contribution in [0.25, 0.3) is 0 Å². The van der Waals surface area contributed by atoms with Crippen LogP contribution in [-0.2, 0) is 19.0 Å². The number of ether oxygens (including phenoxy) is 3. The molecule has 0 aromatic heterocycles. The van der Waals surface area contributed by atoms with E-state index in [9.17, 15) is 18.0 Å². The molecule has 1 unspecified atom stereocenters. The van der Waals surface area contributed by atoms with Crippen molar-refractivity contribution in [3.63, 3.8) is 0 Å². The Morgan fingerprint density at radius 3 is 2.17 bits per heavy atom. The van der Waals surface area contributed by atoms with Gasteiger partial charge in [0.1, 0.15) is 5.57 Å². The third-order valence-electron chi connectivity index (χ3n) is 1.80. The normalized spacial score (nSPS) is 14.2. The van der Waals surface area contributed by atoms with Crippen molar-refractivity contribution in [2.75, 3.05) is 19.8 Å². The van der Waals surface area contributed by atoms with E-state index in [0.717, 1.165) is 6.26 Å². The quantitative estimate of drug-likeness (QED) is 0.405. The largest absolute Gasteiger partial charge is 0.501 e. The Morgan fingerprint density at radius 1 is 1.17 bits per heavy atom. The van der Waals surface area contributed by atoms with Crippen LogP contribution in [0.3, 0.4) is 0 Å². The summed E-state index contributed by atoms with van der Waals surface area (Å²) in [5.74, 6) is -1.10. The van der Waals surface area contributed by atoms with Crippen LogP contribution in [0.4, 0.5) is 13.2 Å². The topological polar surface area (TPSA) is 44.8 Å². The first-order chi connectivity index (χ1) is 8.38. The number of carbonyl (C=O) groups is 1. The zero-order valence-electron chi connectivity index (χ0n) is 10.5. The molecule has 0 aliphatic heterocycles. The maximum absolute atomic E-state index is 12.8. The van der Waals surface area contributed by atoms with Crippen LogP contribution < -0.4 is 0 Å². The zero-order chi connectivity index (χ0) is 14.2. The maximum Gasteiger partial charge on any atom is 0.419 e. The molecule has 0 aromatic carbocycles. The lowest BCUT2D eigenvalue weighted by Crippen LogP contribution is -2.37. The lowest BCUT2D eigenvalue weighted by molar-refractivity contribution is -0.209. The fourth-order valence-corrected chi connectivity index (χ4v) is 1.13. The van der Waals surface area contributed by atoms with Crippen molar-refractivity contribution < 1.29 is 32.2 Å². The van der Waals surface area contributed by atoms with Gasteiger partial charge in [0.05, 0.1) is 19.5 Å². The van der Waals surface area contributed by atoms with Crippen molar-refractivity contribution in [1.29, 1.82) is 0 Å². The van der Waals surface area contributed by atoms with Crippen molar-refractivity contribution in [2.24, 2.45) is 0 Å². The Balaban J connectivity index is 5.17. The summed E-state index contributed by atoms with van der Waals surface area (Å²) < 4.78 is 52.1. The van der Waals surface area contributed by atoms with Crippen LogP contribution in [-0.4, -0.2) is 38.1 Å². The Kier molecular flexibility index (Phi) is 7.42. The van der Waals surface area contributed by atoms with Crippen LogP contribution >= 0.6 is 0 Å². The second kappa shape index (κ2) is 7.97. The van der Waals surface area contributed by atoms with Gasteiger partial charge in [-0.25, -0.2) is 4.79 Å². The molecule has 0 aliphatic rings. The molecule has 7 heteroatoms. The van der Waals surface area contributed by atoms with Gasteiger partial charge in [0, 0.05) is 6.61 Å². The second-order valence-corrected chi connectivity index (χ2v) is 3.13. The van der Waals surface area contributed by atoms with E-state index in [1.807, 2.05) is 0 Å². The molecular weight excluding hydrogens is 253 g/mol. The highest BCUT2D eigenvalue weighted by molar-refractivity contribution is 5.89. The van der Waals surface area contributed by atoms with Gasteiger partial charge in [-0.2, -0.15) is 13.2 Å². The monoisotopic (exact) mass is 270 g/mol. The van der Waals surface area contributed by atoms with Crippen LogP contribution in [0.2, 0.25) is 0 Å². The fraction of sp³-hybridized carbons (Fsp3) is 0.727. The van der Waals surface area contributed by atoms with Crippen LogP contribution in [0.1, 0.15) is 20.8 Å². The summed E-state index contributed by atoms with van der Waals surface area (Å²) in [7, 11) is 0. The molecule has 4 nitrogen and oxygen atoms in total. The van der Waals surface area contributed by atoms with Gasteiger partial charge in [0.25, 0.3) is 0 Å². The van der Waals surface area contributed by atoms with Crippen molar-refractivity contribution in [3.05, 3.63) is 11.8 Å². The first kappa shape index (κ1) is 16.8. The molecule has 0 spiro atoms. The van der Waals surface area contributed by atoms with Gasteiger partial charge in [-0.1, -0.05) is 0 Å². The number of esters is 1. The number of rotatable bonds is 7. The summed E-state index contributed by atoms with van der Waals surface area (Å²) in [6.45, 7) is 4.41. The highest BCUT2D eigenvalue weighted by atomic mass is 19.4. The van der Waals surface area contributed by atoms with Gasteiger partial charge in [-0.15, -0.1) is 0 Å². The van der Waals surface area contributed by atoms with E-state index in [2.05, 4.69) is 9.47 Å². The van der Waals surface area contributed by atoms with Crippen molar-refractivity contribution in [3.8, 4) is 0 Å². The molecule has 0 fully saturated rings. The summed E-state index contributed by atoms with van der Waals surface area (Å²) >= 11 is 0. The average Bonchev–Trinajstić information content (AvgIpc) is 2.27. The summed E-state index contributed by atoms with van der Waals surface area (Å²) in [6, 6.07) is 0. The molecule has 0 aromatic rings. The number of hydrogen-bond donors (Lipinski definition) is 0. The van der Waals surface area contributed by atoms with Crippen molar-refractivity contribution >= 4 is 5.97 Å². The number of carbonyl (C=O) groups excluding carboxylic acids is 1. The summed E-state index contributed by atoms with van der Waals surface area (Å²) in [6.07, 6.45) is -6.30. The molecule has 0 aliphatic carbocycles. The van der Waals surface area contributed by atoms with Gasteiger partial charge < -0.3 is 14.2 Å². The van der Waals surface area contributed by atoms with E-state index >= 15 is 0 Å². The minimum atomic E-state index is -4.70. The van der Waals surface area contributed by atoms with E-state index in [1.54, 1.807) is 6.92 Å². The van der Waals surface area contributed by atoms with Crippen molar-refractivity contribution in [1.82, 2.24) is 0 Å². The molecule has 0 bridgehead atoms. The molecule has 0 saturated heterocycles. The van der Waals surface area contributed by atoms with Crippen LogP contribution in [0.5, 0.6) is 0 Å². The fourth-order valence-electron chi connectivity index (χ4n) is 1.13. The van der Waals surface area contributed by atoms with Crippen LogP contribution in [0.15, 0.2) is 11.8 Å². The predicted molar refractivity (Wildman–Crippen MR) is 57.8 cm³/mol. The minimum absolute atomic E-state index is 0.0288. The Morgan fingerprint density at radius 2 is 1.78 bits per heavy atom. The van der Waals surface area contributed by atoms with Gasteiger partial charge in [-0.05, 0) is 20.8 Å². The Hall–Kier alpha value is -1.24. The number of alkyl halides is 3. The Labute approximate surface area is 104 Å². The van der Waals surface area contributed by atoms with E-state index in [1.165, 1.54) is 13.8 Å². The van der Waals surface area contributed by atoms with Gasteiger partial charge in [0.2, 0.25) is 0 Å². The highest BCUT2D eigenvalue weighted by Gasteiger charge is 2.46. The average molecular weight is 270 g/mol. The molecule has 0 amide bonds. The minimum Gasteiger partial charge on any atom is -0.501 e. The zero-order valence-corrected chi connectivity index (χ0v) is 10.5. The van der Waals surface area contributed by atoms with Gasteiger partial charge in [-0.3, -0.25) is 0 Å². The molecule has 1 atom stereocenters. The lowest BCUT2D eigenvalue weighted by atomic mass is 10.1. The maximum atomic E-state index is 12.8. The predicted octanol–water partition coefficient (Wildman–Crippen LogP) is 2.44. The first-order valence-corrected chi connectivity index (χ1v) is 5.55. The third kappa shape index (κ3) is 5.39. The first-order valence-electron chi connectivity index (χ1n) is 5.55. The molecule has 18 heavy (non-hydrogen) atoms. The summed E-state index contributed by atoms with van der Waals surface area (Å²) in [5.41, 5.74) is -0.687. The molecule has 0 saturated carbocycles. The SMILES string of the molecule is CCO/C=C(\C(=O)OCC)C(OCC)C(F)(F)F. The molecule has 0 N–H and O–H groups in total. The number of halogens is 3. The number of hydrogen-bond acceptors (Lipinski definition) is 4. The molecule has 106 valence electrons. The molecular formula is C11H17F3O4. The Bertz CT molecular complexity index is 287. The van der Waals surface area contributed by atoms with Gasteiger partial charge >= 0.3 is 12.1 Å². The smallest absolute Gasteiger partial charge is 0.419 e. The lowest BCUT2D eigenvalue weighted by Gasteiger charge is -2.21. The summed E-state index contributed by atoms with van der Waals surface area (Å²) in [4.78, 5) is 11.5. The van der Waals surface area contributed by atoms with E-state index in [-0.39, 0.29) is 19.8 Å². The standard InChI is InChI=1S/C11H17F3O4/c1-4-16-7-8(10(15)18-6-3)9(17-5-2)11(12,13)14/h7,9H,4-6H2,1-3H3/b8-7-. The van der Waals surface area contributed by atoms with E-state index in [0.29, 0.717) is 0 Å². The van der Waals surface area contributed by atoms with E-state index < -0.39 is 23.8 Å². The highest BCUT2D eigenvalue weighted by Crippen LogP contribution is 2.29. The second-order valence-electron chi connectivity index (χ2n) is 3.13. The summed E-state index contributed by atoms with van der Waals surface area (Å²) in [5, 5.41) is 0. The molecule has 0 radical (unpaired) electrons. The van der Waals surface area contributed by atoms with E-state index in [4.69, 9.17) is 4.74 Å². The molecule has 0 rings (SSSR count). The van der Waals surface area contributed by atoms with Crippen molar-refractivity contribution in [2.45, 2.75) is 33.1 Å². The molecule has 0 heterocycles. The van der Waals surface area contributed by atoms with Gasteiger partial charge in [0.15, 0.2) is 6.10 Å². The van der Waals surface area contributed by atoms with Crippen LogP contribution in [0, 0.1) is 0 Å².